The highest BCUT2D eigenvalue weighted by Gasteiger charge is 2.03. The lowest BCUT2D eigenvalue weighted by Gasteiger charge is -2.08. The third kappa shape index (κ3) is 4.61. The number of carboxylic acid groups (broad SMARTS) is 1. The van der Waals surface area contributed by atoms with Gasteiger partial charge in [-0.2, -0.15) is 0 Å². The second-order valence-corrected chi connectivity index (χ2v) is 4.67. The predicted molar refractivity (Wildman–Crippen MR) is 78.9 cm³/mol. The number of carbonyl (C=O) groups is 1. The summed E-state index contributed by atoms with van der Waals surface area (Å²) in [4.78, 5) is 10.4. The number of aliphatic carboxylic acids is 1. The van der Waals surface area contributed by atoms with Crippen molar-refractivity contribution in [3.63, 3.8) is 0 Å². The first kappa shape index (κ1) is 15.1. The minimum absolute atomic E-state index is 0.226. The van der Waals surface area contributed by atoms with Crippen LogP contribution < -0.4 is 4.74 Å². The van der Waals surface area contributed by atoms with Gasteiger partial charge in [-0.25, -0.2) is 9.18 Å². The molecule has 0 aromatic heterocycles. The Kier molecular flexibility index (Phi) is 4.95. The molecule has 2 aromatic rings. The number of carboxylic acids is 1. The molecule has 0 bridgehead atoms. The summed E-state index contributed by atoms with van der Waals surface area (Å²) in [5.41, 5.74) is 1.44. The van der Waals surface area contributed by atoms with E-state index in [0.29, 0.717) is 16.3 Å². The Bertz CT molecular complexity index is 666. The molecule has 0 atom stereocenters. The zero-order valence-corrected chi connectivity index (χ0v) is 11.7. The highest BCUT2D eigenvalue weighted by Crippen LogP contribution is 2.20. The fourth-order valence-electron chi connectivity index (χ4n) is 1.64. The van der Waals surface area contributed by atoms with Gasteiger partial charge in [0.25, 0.3) is 0 Å². The van der Waals surface area contributed by atoms with Crippen LogP contribution in [-0.4, -0.2) is 11.1 Å². The third-order valence-electron chi connectivity index (χ3n) is 2.71. The molecule has 2 rings (SSSR count). The Hall–Kier alpha value is -2.33. The molecule has 3 nitrogen and oxygen atoms in total. The summed E-state index contributed by atoms with van der Waals surface area (Å²) in [5.74, 6) is -0.775. The Morgan fingerprint density at radius 1 is 1.24 bits per heavy atom. The fraction of sp³-hybridized carbons (Fsp3) is 0.0625. The van der Waals surface area contributed by atoms with Crippen LogP contribution in [0, 0.1) is 5.82 Å². The minimum Gasteiger partial charge on any atom is -0.489 e. The molecule has 1 N–H and O–H groups in total. The van der Waals surface area contributed by atoms with Crippen LogP contribution in [0.15, 0.2) is 48.5 Å². The van der Waals surface area contributed by atoms with Crippen LogP contribution in [0.25, 0.3) is 6.08 Å². The van der Waals surface area contributed by atoms with Crippen molar-refractivity contribution < 1.29 is 19.0 Å². The zero-order valence-electron chi connectivity index (χ0n) is 10.9. The minimum atomic E-state index is -0.999. The van der Waals surface area contributed by atoms with Gasteiger partial charge in [0.2, 0.25) is 0 Å². The van der Waals surface area contributed by atoms with Crippen LogP contribution in [-0.2, 0) is 11.4 Å². The summed E-state index contributed by atoms with van der Waals surface area (Å²) in [7, 11) is 0. The quantitative estimate of drug-likeness (QED) is 0.844. The zero-order chi connectivity index (χ0) is 15.2. The van der Waals surface area contributed by atoms with Gasteiger partial charge in [0, 0.05) is 11.6 Å². The van der Waals surface area contributed by atoms with Gasteiger partial charge < -0.3 is 9.84 Å². The molecule has 0 fully saturated rings. The molecule has 0 aliphatic carbocycles. The smallest absolute Gasteiger partial charge is 0.328 e. The molecule has 108 valence electrons. The number of benzene rings is 2. The van der Waals surface area contributed by atoms with Crippen molar-refractivity contribution in [3.8, 4) is 5.75 Å². The van der Waals surface area contributed by atoms with Gasteiger partial charge >= 0.3 is 5.97 Å². The second kappa shape index (κ2) is 6.90. The van der Waals surface area contributed by atoms with Crippen LogP contribution in [0.3, 0.4) is 0 Å². The normalized spacial score (nSPS) is 10.8. The molecule has 0 spiro atoms. The van der Waals surface area contributed by atoms with Gasteiger partial charge in [-0.05, 0) is 35.9 Å². The summed E-state index contributed by atoms with van der Waals surface area (Å²) in [6.45, 7) is 0.226. The van der Waals surface area contributed by atoms with Gasteiger partial charge in [-0.3, -0.25) is 0 Å². The Morgan fingerprint density at radius 3 is 2.57 bits per heavy atom. The average Bonchev–Trinajstić information content (AvgIpc) is 2.45. The van der Waals surface area contributed by atoms with E-state index in [2.05, 4.69) is 0 Å². The molecule has 0 aliphatic rings. The van der Waals surface area contributed by atoms with E-state index in [9.17, 15) is 9.18 Å². The molecule has 21 heavy (non-hydrogen) atoms. The van der Waals surface area contributed by atoms with Gasteiger partial charge in [-0.1, -0.05) is 29.8 Å². The van der Waals surface area contributed by atoms with Crippen molar-refractivity contribution in [3.05, 3.63) is 70.5 Å². The number of hydrogen-bond acceptors (Lipinski definition) is 2. The summed E-state index contributed by atoms with van der Waals surface area (Å²) in [6.07, 6.45) is 2.55. The maximum absolute atomic E-state index is 12.9. The third-order valence-corrected chi connectivity index (χ3v) is 3.06. The lowest BCUT2D eigenvalue weighted by molar-refractivity contribution is -0.131. The van der Waals surface area contributed by atoms with Crippen LogP contribution in [0.2, 0.25) is 5.02 Å². The Morgan fingerprint density at radius 2 is 1.95 bits per heavy atom. The fourth-order valence-corrected chi connectivity index (χ4v) is 1.86. The number of halogens is 2. The van der Waals surface area contributed by atoms with Crippen molar-refractivity contribution in [2.24, 2.45) is 0 Å². The molecule has 0 saturated heterocycles. The predicted octanol–water partition coefficient (Wildman–Crippen LogP) is 4.16. The number of rotatable bonds is 5. The van der Waals surface area contributed by atoms with E-state index in [1.807, 2.05) is 0 Å². The van der Waals surface area contributed by atoms with Crippen molar-refractivity contribution in [2.45, 2.75) is 6.61 Å². The van der Waals surface area contributed by atoms with Crippen molar-refractivity contribution in [1.82, 2.24) is 0 Å². The molecule has 2 aromatic carbocycles. The van der Waals surface area contributed by atoms with E-state index in [1.54, 1.807) is 30.3 Å². The van der Waals surface area contributed by atoms with Gasteiger partial charge in [0.1, 0.15) is 18.2 Å². The highest BCUT2D eigenvalue weighted by atomic mass is 35.5. The Labute approximate surface area is 126 Å². The van der Waals surface area contributed by atoms with Crippen molar-refractivity contribution >= 4 is 23.6 Å². The maximum Gasteiger partial charge on any atom is 0.328 e. The van der Waals surface area contributed by atoms with E-state index in [0.717, 1.165) is 11.6 Å². The monoisotopic (exact) mass is 306 g/mol. The summed E-state index contributed by atoms with van der Waals surface area (Å²) in [5, 5.41) is 8.85. The second-order valence-electron chi connectivity index (χ2n) is 4.27. The van der Waals surface area contributed by atoms with Gasteiger partial charge in [0.15, 0.2) is 0 Å². The molecule has 0 radical (unpaired) electrons. The van der Waals surface area contributed by atoms with E-state index in [4.69, 9.17) is 21.4 Å². The largest absolute Gasteiger partial charge is 0.489 e. The van der Waals surface area contributed by atoms with E-state index in [1.165, 1.54) is 18.2 Å². The first-order chi connectivity index (χ1) is 10.0. The Balaban J connectivity index is 1.99. The van der Waals surface area contributed by atoms with Crippen LogP contribution >= 0.6 is 11.6 Å². The number of ether oxygens (including phenoxy) is 1. The maximum atomic E-state index is 12.9. The lowest BCUT2D eigenvalue weighted by atomic mass is 10.2. The van der Waals surface area contributed by atoms with Crippen LogP contribution in [0.5, 0.6) is 5.75 Å². The molecule has 5 heteroatoms. The molecular formula is C16H12ClFO3. The number of hydrogen-bond donors (Lipinski definition) is 1. The summed E-state index contributed by atoms with van der Waals surface area (Å²) in [6, 6.07) is 11.0. The molecular weight excluding hydrogens is 295 g/mol. The van der Waals surface area contributed by atoms with Crippen molar-refractivity contribution in [1.29, 1.82) is 0 Å². The molecule has 0 unspecified atom stereocenters. The first-order valence-electron chi connectivity index (χ1n) is 6.12. The lowest BCUT2D eigenvalue weighted by Crippen LogP contribution is -1.96. The van der Waals surface area contributed by atoms with Gasteiger partial charge in [0.05, 0.1) is 5.02 Å². The van der Waals surface area contributed by atoms with E-state index in [-0.39, 0.29) is 6.61 Å². The first-order valence-corrected chi connectivity index (χ1v) is 6.50. The van der Waals surface area contributed by atoms with Crippen molar-refractivity contribution in [2.75, 3.05) is 0 Å². The molecule has 0 aliphatic heterocycles. The van der Waals surface area contributed by atoms with E-state index >= 15 is 0 Å². The average molecular weight is 307 g/mol. The molecule has 0 amide bonds. The van der Waals surface area contributed by atoms with Crippen LogP contribution in [0.1, 0.15) is 11.1 Å². The summed E-state index contributed by atoms with van der Waals surface area (Å²) >= 11 is 5.91. The molecule has 0 saturated carbocycles. The van der Waals surface area contributed by atoms with Crippen LogP contribution in [0.4, 0.5) is 4.39 Å². The highest BCUT2D eigenvalue weighted by molar-refractivity contribution is 6.31. The SMILES string of the molecule is O=C(O)/C=C/c1ccc(OCc2ccc(F)cc2Cl)cc1. The van der Waals surface area contributed by atoms with Gasteiger partial charge in [-0.15, -0.1) is 0 Å². The topological polar surface area (TPSA) is 46.5 Å². The van der Waals surface area contributed by atoms with E-state index < -0.39 is 11.8 Å². The summed E-state index contributed by atoms with van der Waals surface area (Å²) < 4.78 is 18.5. The molecule has 0 heterocycles. The standard InChI is InChI=1S/C16H12ClFO3/c17-15-9-13(18)5-4-12(15)10-21-14-6-1-11(2-7-14)3-8-16(19)20/h1-9H,10H2,(H,19,20)/b8-3+.